The summed E-state index contributed by atoms with van der Waals surface area (Å²) >= 11 is 0. The summed E-state index contributed by atoms with van der Waals surface area (Å²) in [5.41, 5.74) is 0. The van der Waals surface area contributed by atoms with Gasteiger partial charge >= 0.3 is 0 Å². The Balaban J connectivity index is 2.04. The number of rotatable bonds is 12. The molecule has 0 aromatic carbocycles. The topological polar surface area (TPSA) is 79.2 Å². The minimum Gasteiger partial charge on any atom is -0.394 e. The van der Waals surface area contributed by atoms with Crippen molar-refractivity contribution < 1.29 is 24.8 Å². The lowest BCUT2D eigenvalue weighted by Crippen LogP contribution is -2.55. The summed E-state index contributed by atoms with van der Waals surface area (Å²) in [5.74, 6) is 0. The van der Waals surface area contributed by atoms with Crippen LogP contribution < -0.4 is 0 Å². The molecule has 1 aliphatic rings. The van der Waals surface area contributed by atoms with Crippen molar-refractivity contribution in [1.29, 1.82) is 0 Å². The van der Waals surface area contributed by atoms with Crippen LogP contribution in [-0.4, -0.2) is 59.6 Å². The van der Waals surface area contributed by atoms with Crippen LogP contribution in [0.2, 0.25) is 0 Å². The molecular weight excluding hydrogens is 296 g/mol. The van der Waals surface area contributed by atoms with Crippen molar-refractivity contribution in [3.05, 3.63) is 12.2 Å². The molecule has 1 saturated heterocycles. The second-order valence-corrected chi connectivity index (χ2v) is 6.26. The Morgan fingerprint density at radius 3 is 2.39 bits per heavy atom. The molecule has 0 saturated carbocycles. The van der Waals surface area contributed by atoms with Crippen LogP contribution >= 0.6 is 0 Å². The Hall–Kier alpha value is -0.460. The van der Waals surface area contributed by atoms with Crippen molar-refractivity contribution in [2.45, 2.75) is 82.7 Å². The zero-order chi connectivity index (χ0) is 16.9. The first-order valence-corrected chi connectivity index (χ1v) is 9.05. The van der Waals surface area contributed by atoms with Crippen molar-refractivity contribution in [3.63, 3.8) is 0 Å². The van der Waals surface area contributed by atoms with E-state index in [2.05, 4.69) is 19.1 Å². The smallest absolute Gasteiger partial charge is 0.114 e. The Morgan fingerprint density at radius 1 is 1.04 bits per heavy atom. The molecule has 5 nitrogen and oxygen atoms in total. The van der Waals surface area contributed by atoms with E-state index in [1.54, 1.807) is 0 Å². The lowest BCUT2D eigenvalue weighted by atomic mass is 10.0. The third kappa shape index (κ3) is 8.27. The summed E-state index contributed by atoms with van der Waals surface area (Å²) in [4.78, 5) is 0. The van der Waals surface area contributed by atoms with Crippen LogP contribution in [0.1, 0.15) is 58.3 Å². The number of hydrogen-bond acceptors (Lipinski definition) is 5. The monoisotopic (exact) mass is 330 g/mol. The van der Waals surface area contributed by atoms with Gasteiger partial charge in [-0.3, -0.25) is 0 Å². The molecule has 3 N–H and O–H groups in total. The molecule has 0 amide bonds. The molecule has 0 spiro atoms. The number of ether oxygens (including phenoxy) is 2. The molecule has 0 aliphatic carbocycles. The molecule has 1 fully saturated rings. The van der Waals surface area contributed by atoms with Gasteiger partial charge in [0, 0.05) is 6.61 Å². The average molecular weight is 330 g/mol. The van der Waals surface area contributed by atoms with Gasteiger partial charge in [0.05, 0.1) is 13.2 Å². The van der Waals surface area contributed by atoms with Crippen LogP contribution in [0.25, 0.3) is 0 Å². The van der Waals surface area contributed by atoms with E-state index in [-0.39, 0.29) is 13.2 Å². The van der Waals surface area contributed by atoms with Gasteiger partial charge in [-0.25, -0.2) is 0 Å². The van der Waals surface area contributed by atoms with E-state index >= 15 is 0 Å². The van der Waals surface area contributed by atoms with Crippen LogP contribution in [0.15, 0.2) is 12.2 Å². The van der Waals surface area contributed by atoms with E-state index in [1.807, 2.05) is 0 Å². The van der Waals surface area contributed by atoms with Crippen LogP contribution in [-0.2, 0) is 9.47 Å². The number of aliphatic hydroxyl groups excluding tert-OH is 3. The molecule has 1 aliphatic heterocycles. The first-order valence-electron chi connectivity index (χ1n) is 9.05. The van der Waals surface area contributed by atoms with E-state index in [9.17, 15) is 10.2 Å². The van der Waals surface area contributed by atoms with Gasteiger partial charge in [0.25, 0.3) is 0 Å². The van der Waals surface area contributed by atoms with Gasteiger partial charge in [-0.2, -0.15) is 0 Å². The summed E-state index contributed by atoms with van der Waals surface area (Å²) in [7, 11) is 0. The summed E-state index contributed by atoms with van der Waals surface area (Å²) in [6, 6.07) is 0. The third-order valence-electron chi connectivity index (χ3n) is 4.22. The fraction of sp³-hybridized carbons (Fsp3) is 0.889. The zero-order valence-corrected chi connectivity index (χ0v) is 14.4. The highest BCUT2D eigenvalue weighted by molar-refractivity contribution is 4.87. The Kier molecular flexibility index (Phi) is 11.5. The average Bonchev–Trinajstić information content (AvgIpc) is 2.55. The number of unbranched alkanes of at least 4 members (excludes halogenated alkanes) is 6. The Labute approximate surface area is 140 Å². The van der Waals surface area contributed by atoms with Gasteiger partial charge in [0.15, 0.2) is 0 Å². The van der Waals surface area contributed by atoms with Crippen LogP contribution in [0, 0.1) is 0 Å². The molecule has 5 heteroatoms. The summed E-state index contributed by atoms with van der Waals surface area (Å²) < 4.78 is 10.7. The molecule has 0 aromatic rings. The van der Waals surface area contributed by atoms with Gasteiger partial charge in [0.2, 0.25) is 0 Å². The van der Waals surface area contributed by atoms with E-state index < -0.39 is 24.4 Å². The highest BCUT2D eigenvalue weighted by Gasteiger charge is 2.38. The number of hydrogen-bond donors (Lipinski definition) is 3. The lowest BCUT2D eigenvalue weighted by Gasteiger charge is -2.37. The van der Waals surface area contributed by atoms with E-state index in [1.165, 1.54) is 32.1 Å². The molecule has 0 radical (unpaired) electrons. The van der Waals surface area contributed by atoms with Crippen molar-refractivity contribution in [2.75, 3.05) is 19.8 Å². The fourth-order valence-electron chi connectivity index (χ4n) is 2.73. The predicted molar refractivity (Wildman–Crippen MR) is 90.3 cm³/mol. The Bertz CT molecular complexity index is 308. The first-order chi connectivity index (χ1) is 11.2. The highest BCUT2D eigenvalue weighted by Crippen LogP contribution is 2.18. The maximum absolute atomic E-state index is 9.98. The van der Waals surface area contributed by atoms with Crippen molar-refractivity contribution in [2.24, 2.45) is 0 Å². The van der Waals surface area contributed by atoms with Gasteiger partial charge in [-0.15, -0.1) is 0 Å². The van der Waals surface area contributed by atoms with Crippen molar-refractivity contribution in [1.82, 2.24) is 0 Å². The lowest BCUT2D eigenvalue weighted by molar-refractivity contribution is -0.210. The van der Waals surface area contributed by atoms with E-state index in [0.29, 0.717) is 6.61 Å². The van der Waals surface area contributed by atoms with E-state index in [0.717, 1.165) is 19.3 Å². The molecule has 0 unspecified atom stereocenters. The van der Waals surface area contributed by atoms with Gasteiger partial charge < -0.3 is 24.8 Å². The van der Waals surface area contributed by atoms with Crippen LogP contribution in [0.5, 0.6) is 0 Å². The molecule has 136 valence electrons. The van der Waals surface area contributed by atoms with Crippen molar-refractivity contribution >= 4 is 0 Å². The molecule has 1 rings (SSSR count). The zero-order valence-electron chi connectivity index (χ0n) is 14.4. The molecule has 4 atom stereocenters. The van der Waals surface area contributed by atoms with Crippen LogP contribution in [0.4, 0.5) is 0 Å². The van der Waals surface area contributed by atoms with Gasteiger partial charge in [-0.05, 0) is 32.1 Å². The summed E-state index contributed by atoms with van der Waals surface area (Å²) in [6.45, 7) is 2.55. The second kappa shape index (κ2) is 12.9. The Morgan fingerprint density at radius 2 is 1.74 bits per heavy atom. The standard InChI is InChI=1S/C18H34O5/c1-2-3-4-5-6-7-8-9-10-11-12-22-18-15(20)14-23-16(13-19)17(18)21/h7-8,15-21H,2-6,9-14H2,1H3/b8-7+/t15-,16+,17+,18+/m1/s1. The number of aliphatic hydroxyl groups is 3. The molecule has 23 heavy (non-hydrogen) atoms. The SMILES string of the molecule is CCCCCC/C=C/CCCCO[C@@H]1[C@@H](O)[C@H](CO)OC[C@H]1O. The summed E-state index contributed by atoms with van der Waals surface area (Å²) in [5, 5.41) is 28.9. The second-order valence-electron chi connectivity index (χ2n) is 6.26. The maximum atomic E-state index is 9.98. The molecule has 1 heterocycles. The van der Waals surface area contributed by atoms with Crippen molar-refractivity contribution in [3.8, 4) is 0 Å². The minimum absolute atomic E-state index is 0.0910. The third-order valence-corrected chi connectivity index (χ3v) is 4.22. The minimum atomic E-state index is -0.980. The molecule has 0 bridgehead atoms. The van der Waals surface area contributed by atoms with E-state index in [4.69, 9.17) is 14.6 Å². The fourth-order valence-corrected chi connectivity index (χ4v) is 2.73. The largest absolute Gasteiger partial charge is 0.394 e. The first kappa shape index (κ1) is 20.6. The van der Waals surface area contributed by atoms with Crippen LogP contribution in [0.3, 0.4) is 0 Å². The summed E-state index contributed by atoms with van der Waals surface area (Å²) in [6.07, 6.45) is 10.7. The maximum Gasteiger partial charge on any atom is 0.114 e. The number of allylic oxidation sites excluding steroid dienone is 2. The predicted octanol–water partition coefficient (Wildman–Crippen LogP) is 2.18. The highest BCUT2D eigenvalue weighted by atomic mass is 16.6. The molecular formula is C18H34O5. The van der Waals surface area contributed by atoms with Gasteiger partial charge in [-0.1, -0.05) is 38.3 Å². The quantitative estimate of drug-likeness (QED) is 0.377. The normalized spacial score (nSPS) is 28.5. The molecule has 0 aromatic heterocycles. The van der Waals surface area contributed by atoms with Gasteiger partial charge in [0.1, 0.15) is 24.4 Å².